The van der Waals surface area contributed by atoms with E-state index in [4.69, 9.17) is 11.6 Å². The topological polar surface area (TPSA) is 92.8 Å². The number of sulfonamides is 1. The first-order valence-electron chi connectivity index (χ1n) is 9.54. The number of ether oxygens (including phenoxy) is 1. The van der Waals surface area contributed by atoms with Gasteiger partial charge in [0.05, 0.1) is 23.3 Å². The van der Waals surface area contributed by atoms with Gasteiger partial charge in [-0.3, -0.25) is 9.10 Å². The van der Waals surface area contributed by atoms with Crippen molar-refractivity contribution in [1.29, 1.82) is 0 Å². The fraction of sp³-hybridized carbons (Fsp3) is 0.130. The molecule has 0 unspecified atom stereocenters. The Morgan fingerprint density at radius 2 is 1.53 bits per heavy atom. The SMILES string of the molecule is COC(=O)c1ccc(NC(=O)CN(c2ccc(C)cc2)S(=O)(=O)c2ccc(Cl)cc2)cc1. The molecule has 0 saturated heterocycles. The lowest BCUT2D eigenvalue weighted by Crippen LogP contribution is -2.38. The molecule has 166 valence electrons. The maximum absolute atomic E-state index is 13.3. The van der Waals surface area contributed by atoms with Gasteiger partial charge >= 0.3 is 5.97 Å². The van der Waals surface area contributed by atoms with Gasteiger partial charge in [-0.2, -0.15) is 0 Å². The second-order valence-electron chi connectivity index (χ2n) is 6.92. The molecule has 0 atom stereocenters. The molecule has 32 heavy (non-hydrogen) atoms. The predicted octanol–water partition coefficient (Wildman–Crippen LogP) is 4.27. The van der Waals surface area contributed by atoms with E-state index in [-0.39, 0.29) is 4.90 Å². The second kappa shape index (κ2) is 9.84. The Balaban J connectivity index is 1.87. The number of hydrogen-bond donors (Lipinski definition) is 1. The van der Waals surface area contributed by atoms with Gasteiger partial charge in [-0.25, -0.2) is 13.2 Å². The number of esters is 1. The number of benzene rings is 3. The van der Waals surface area contributed by atoms with Crippen molar-refractivity contribution in [2.24, 2.45) is 0 Å². The Labute approximate surface area is 191 Å². The normalized spacial score (nSPS) is 11.0. The Morgan fingerprint density at radius 3 is 2.09 bits per heavy atom. The first-order valence-corrected chi connectivity index (χ1v) is 11.4. The Bertz CT molecular complexity index is 1210. The van der Waals surface area contributed by atoms with E-state index in [0.29, 0.717) is 22.0 Å². The first-order chi connectivity index (χ1) is 15.2. The Hall–Kier alpha value is -3.36. The van der Waals surface area contributed by atoms with Crippen molar-refractivity contribution in [3.05, 3.63) is 88.9 Å². The van der Waals surface area contributed by atoms with Crippen molar-refractivity contribution >= 4 is 44.9 Å². The summed E-state index contributed by atoms with van der Waals surface area (Å²) in [6.45, 7) is 1.43. The summed E-state index contributed by atoms with van der Waals surface area (Å²) < 4.78 is 32.3. The van der Waals surface area contributed by atoms with E-state index in [1.54, 1.807) is 24.3 Å². The van der Waals surface area contributed by atoms with Crippen molar-refractivity contribution in [1.82, 2.24) is 0 Å². The number of carbonyl (C=O) groups excluding carboxylic acids is 2. The van der Waals surface area contributed by atoms with Crippen LogP contribution in [0.15, 0.2) is 77.7 Å². The number of halogens is 1. The minimum atomic E-state index is -4.04. The number of amides is 1. The molecule has 0 aromatic heterocycles. The highest BCUT2D eigenvalue weighted by Gasteiger charge is 2.27. The zero-order chi connectivity index (χ0) is 23.3. The molecular formula is C23H21ClN2O5S. The van der Waals surface area contributed by atoms with Crippen molar-refractivity contribution in [3.8, 4) is 0 Å². The standard InChI is InChI=1S/C23H21ClN2O5S/c1-16-3-11-20(12-4-16)26(32(29,30)21-13-7-18(24)8-14-21)15-22(27)25-19-9-5-17(6-10-19)23(28)31-2/h3-14H,15H2,1-2H3,(H,25,27). The van der Waals surface area contributed by atoms with Gasteiger partial charge in [-0.05, 0) is 67.6 Å². The summed E-state index contributed by atoms with van der Waals surface area (Å²) in [4.78, 5) is 24.3. The van der Waals surface area contributed by atoms with Crippen LogP contribution in [0.4, 0.5) is 11.4 Å². The minimum Gasteiger partial charge on any atom is -0.465 e. The summed E-state index contributed by atoms with van der Waals surface area (Å²) in [7, 11) is -2.76. The highest BCUT2D eigenvalue weighted by atomic mass is 35.5. The molecular weight excluding hydrogens is 452 g/mol. The molecule has 3 aromatic rings. The van der Waals surface area contributed by atoms with Crippen LogP contribution in [0, 0.1) is 6.92 Å². The molecule has 3 aromatic carbocycles. The second-order valence-corrected chi connectivity index (χ2v) is 9.22. The number of carbonyl (C=O) groups is 2. The van der Waals surface area contributed by atoms with Crippen LogP contribution < -0.4 is 9.62 Å². The van der Waals surface area contributed by atoms with Crippen LogP contribution in [-0.4, -0.2) is 33.9 Å². The van der Waals surface area contributed by atoms with Crippen molar-refractivity contribution in [2.45, 2.75) is 11.8 Å². The lowest BCUT2D eigenvalue weighted by molar-refractivity contribution is -0.114. The van der Waals surface area contributed by atoms with E-state index in [9.17, 15) is 18.0 Å². The smallest absolute Gasteiger partial charge is 0.337 e. The van der Waals surface area contributed by atoms with Crippen molar-refractivity contribution < 1.29 is 22.7 Å². The van der Waals surface area contributed by atoms with Gasteiger partial charge in [0.2, 0.25) is 5.91 Å². The summed E-state index contributed by atoms with van der Waals surface area (Å²) in [5.74, 6) is -1.04. The van der Waals surface area contributed by atoms with E-state index in [1.807, 2.05) is 6.92 Å². The van der Waals surface area contributed by atoms with Gasteiger partial charge < -0.3 is 10.1 Å². The van der Waals surface area contributed by atoms with Crippen LogP contribution in [0.25, 0.3) is 0 Å². The third kappa shape index (κ3) is 5.46. The molecule has 1 amide bonds. The van der Waals surface area contributed by atoms with Crippen LogP contribution in [0.2, 0.25) is 5.02 Å². The molecule has 0 fully saturated rings. The molecule has 0 heterocycles. The van der Waals surface area contributed by atoms with E-state index >= 15 is 0 Å². The lowest BCUT2D eigenvalue weighted by Gasteiger charge is -2.24. The van der Waals surface area contributed by atoms with Gasteiger partial charge in [-0.15, -0.1) is 0 Å². The molecule has 9 heteroatoms. The lowest BCUT2D eigenvalue weighted by atomic mass is 10.2. The number of aryl methyl sites for hydroxylation is 1. The Morgan fingerprint density at radius 1 is 0.938 bits per heavy atom. The fourth-order valence-electron chi connectivity index (χ4n) is 2.90. The molecule has 0 aliphatic rings. The van der Waals surface area contributed by atoms with Gasteiger partial charge in [0, 0.05) is 10.7 Å². The van der Waals surface area contributed by atoms with Crippen molar-refractivity contribution in [2.75, 3.05) is 23.3 Å². The van der Waals surface area contributed by atoms with E-state index < -0.39 is 28.4 Å². The number of nitrogens with one attached hydrogen (secondary N) is 1. The summed E-state index contributed by atoms with van der Waals surface area (Å²) in [5, 5.41) is 3.05. The van der Waals surface area contributed by atoms with Crippen LogP contribution >= 0.6 is 11.6 Å². The summed E-state index contributed by atoms with van der Waals surface area (Å²) >= 11 is 5.89. The molecule has 0 aliphatic carbocycles. The first kappa shape index (κ1) is 23.3. The van der Waals surface area contributed by atoms with Gasteiger partial charge in [0.15, 0.2) is 0 Å². The zero-order valence-electron chi connectivity index (χ0n) is 17.4. The van der Waals surface area contributed by atoms with Crippen LogP contribution in [0.5, 0.6) is 0 Å². The highest BCUT2D eigenvalue weighted by Crippen LogP contribution is 2.25. The molecule has 0 bridgehead atoms. The maximum atomic E-state index is 13.3. The van der Waals surface area contributed by atoms with E-state index in [1.165, 1.54) is 55.6 Å². The molecule has 0 spiro atoms. The summed E-state index contributed by atoms with van der Waals surface area (Å²) in [6.07, 6.45) is 0. The van der Waals surface area contributed by atoms with E-state index in [2.05, 4.69) is 10.1 Å². The summed E-state index contributed by atoms with van der Waals surface area (Å²) in [5.41, 5.74) is 2.04. The third-order valence-electron chi connectivity index (χ3n) is 4.60. The summed E-state index contributed by atoms with van der Waals surface area (Å²) in [6, 6.07) is 18.6. The van der Waals surface area contributed by atoms with Crippen LogP contribution in [0.3, 0.4) is 0 Å². The van der Waals surface area contributed by atoms with Gasteiger partial charge in [-0.1, -0.05) is 29.3 Å². The maximum Gasteiger partial charge on any atom is 0.337 e. The van der Waals surface area contributed by atoms with Gasteiger partial charge in [0.1, 0.15) is 6.54 Å². The van der Waals surface area contributed by atoms with Crippen molar-refractivity contribution in [3.63, 3.8) is 0 Å². The monoisotopic (exact) mass is 472 g/mol. The molecule has 0 aliphatic heterocycles. The molecule has 1 N–H and O–H groups in total. The van der Waals surface area contributed by atoms with E-state index in [0.717, 1.165) is 9.87 Å². The van der Waals surface area contributed by atoms with Crippen LogP contribution in [0.1, 0.15) is 15.9 Å². The highest BCUT2D eigenvalue weighted by molar-refractivity contribution is 7.92. The minimum absolute atomic E-state index is 0.0118. The molecule has 3 rings (SSSR count). The average Bonchev–Trinajstić information content (AvgIpc) is 2.78. The molecule has 0 radical (unpaired) electrons. The quantitative estimate of drug-likeness (QED) is 0.518. The number of hydrogen-bond acceptors (Lipinski definition) is 5. The number of methoxy groups -OCH3 is 1. The number of nitrogens with zero attached hydrogens (tertiary/aromatic N) is 1. The number of anilines is 2. The number of rotatable bonds is 7. The zero-order valence-corrected chi connectivity index (χ0v) is 19.0. The Kier molecular flexibility index (Phi) is 7.17. The van der Waals surface area contributed by atoms with Crippen LogP contribution in [-0.2, 0) is 19.6 Å². The largest absolute Gasteiger partial charge is 0.465 e. The third-order valence-corrected chi connectivity index (χ3v) is 6.64. The average molecular weight is 473 g/mol. The molecule has 7 nitrogen and oxygen atoms in total. The predicted molar refractivity (Wildman–Crippen MR) is 124 cm³/mol. The molecule has 0 saturated carbocycles. The van der Waals surface area contributed by atoms with Gasteiger partial charge in [0.25, 0.3) is 10.0 Å². The fourth-order valence-corrected chi connectivity index (χ4v) is 4.45.